The smallest absolute Gasteiger partial charge is 0.253 e. The van der Waals surface area contributed by atoms with E-state index < -0.39 is 10.0 Å². The van der Waals surface area contributed by atoms with Crippen LogP contribution in [0.1, 0.15) is 36.5 Å². The van der Waals surface area contributed by atoms with E-state index in [9.17, 15) is 13.2 Å². The van der Waals surface area contributed by atoms with Crippen molar-refractivity contribution in [2.45, 2.75) is 31.1 Å². The van der Waals surface area contributed by atoms with Gasteiger partial charge in [-0.05, 0) is 64.0 Å². The number of hydrogen-bond donors (Lipinski definition) is 1. The van der Waals surface area contributed by atoms with Gasteiger partial charge >= 0.3 is 0 Å². The van der Waals surface area contributed by atoms with Gasteiger partial charge in [0.05, 0.1) is 4.90 Å². The first-order valence-corrected chi connectivity index (χ1v) is 10.3. The standard InChI is InChI=1S/C18H29N3O3S/c1-15-7-5-12-21(14-15)18(22)16-8-4-9-17(13-16)25(23,24)19-10-6-11-20(2)3/h4,8-9,13,15,19H,5-7,10-12,14H2,1-3H3. The van der Waals surface area contributed by atoms with Crippen molar-refractivity contribution in [3.05, 3.63) is 29.8 Å². The summed E-state index contributed by atoms with van der Waals surface area (Å²) in [7, 11) is 0.304. The minimum Gasteiger partial charge on any atom is -0.338 e. The maximum atomic E-state index is 12.7. The molecule has 1 saturated heterocycles. The van der Waals surface area contributed by atoms with Crippen molar-refractivity contribution >= 4 is 15.9 Å². The molecule has 140 valence electrons. The second-order valence-electron chi connectivity index (χ2n) is 7.08. The van der Waals surface area contributed by atoms with E-state index in [4.69, 9.17) is 0 Å². The third kappa shape index (κ3) is 5.80. The first-order chi connectivity index (χ1) is 11.8. The zero-order chi connectivity index (χ0) is 18.4. The highest BCUT2D eigenvalue weighted by atomic mass is 32.2. The Balaban J connectivity index is 2.05. The fourth-order valence-corrected chi connectivity index (χ4v) is 4.16. The van der Waals surface area contributed by atoms with Crippen molar-refractivity contribution in [2.24, 2.45) is 5.92 Å². The first-order valence-electron chi connectivity index (χ1n) is 8.83. The summed E-state index contributed by atoms with van der Waals surface area (Å²) >= 11 is 0. The van der Waals surface area contributed by atoms with E-state index in [1.807, 2.05) is 23.9 Å². The molecule has 2 rings (SSSR count). The largest absolute Gasteiger partial charge is 0.338 e. The zero-order valence-corrected chi connectivity index (χ0v) is 16.2. The van der Waals surface area contributed by atoms with Crippen molar-refractivity contribution in [1.29, 1.82) is 0 Å². The Kier molecular flexibility index (Phi) is 6.98. The Morgan fingerprint density at radius 2 is 2.12 bits per heavy atom. The molecule has 1 fully saturated rings. The van der Waals surface area contributed by atoms with Gasteiger partial charge in [0.1, 0.15) is 0 Å². The minimum absolute atomic E-state index is 0.0868. The highest BCUT2D eigenvalue weighted by molar-refractivity contribution is 7.89. The third-order valence-corrected chi connectivity index (χ3v) is 5.87. The van der Waals surface area contributed by atoms with Crippen LogP contribution in [0.5, 0.6) is 0 Å². The lowest BCUT2D eigenvalue weighted by Gasteiger charge is -2.31. The molecule has 7 heteroatoms. The normalized spacial score (nSPS) is 18.6. The monoisotopic (exact) mass is 367 g/mol. The molecule has 1 heterocycles. The highest BCUT2D eigenvalue weighted by Crippen LogP contribution is 2.19. The van der Waals surface area contributed by atoms with Gasteiger partial charge in [-0.2, -0.15) is 0 Å². The van der Waals surface area contributed by atoms with Crippen LogP contribution in [0, 0.1) is 5.92 Å². The molecule has 0 saturated carbocycles. The number of nitrogens with zero attached hydrogens (tertiary/aromatic N) is 2. The summed E-state index contributed by atoms with van der Waals surface area (Å²) in [6.45, 7) is 4.80. The molecule has 0 aliphatic carbocycles. The second kappa shape index (κ2) is 8.78. The fourth-order valence-electron chi connectivity index (χ4n) is 3.04. The molecule has 6 nitrogen and oxygen atoms in total. The molecule has 25 heavy (non-hydrogen) atoms. The van der Waals surface area contributed by atoms with Crippen LogP contribution in [0.25, 0.3) is 0 Å². The van der Waals surface area contributed by atoms with Gasteiger partial charge in [-0.1, -0.05) is 13.0 Å². The van der Waals surface area contributed by atoms with Crippen LogP contribution in [0.15, 0.2) is 29.2 Å². The van der Waals surface area contributed by atoms with Crippen LogP contribution in [0.4, 0.5) is 0 Å². The molecule has 1 aliphatic rings. The summed E-state index contributed by atoms with van der Waals surface area (Å²) in [5.41, 5.74) is 0.435. The molecule has 0 bridgehead atoms. The van der Waals surface area contributed by atoms with Crippen molar-refractivity contribution in [2.75, 3.05) is 40.3 Å². The van der Waals surface area contributed by atoms with Gasteiger partial charge < -0.3 is 9.80 Å². The molecule has 0 radical (unpaired) electrons. The predicted molar refractivity (Wildman–Crippen MR) is 99.1 cm³/mol. The molecule has 1 aliphatic heterocycles. The summed E-state index contributed by atoms with van der Waals surface area (Å²) in [6, 6.07) is 6.33. The van der Waals surface area contributed by atoms with Gasteiger partial charge in [0.2, 0.25) is 10.0 Å². The fraction of sp³-hybridized carbons (Fsp3) is 0.611. The van der Waals surface area contributed by atoms with Gasteiger partial charge in [0.25, 0.3) is 5.91 Å². The lowest BCUT2D eigenvalue weighted by Crippen LogP contribution is -2.39. The summed E-state index contributed by atoms with van der Waals surface area (Å²) < 4.78 is 27.5. The van der Waals surface area contributed by atoms with E-state index in [1.54, 1.807) is 12.1 Å². The number of benzene rings is 1. The Hall–Kier alpha value is -1.44. The average molecular weight is 368 g/mol. The van der Waals surface area contributed by atoms with Crippen molar-refractivity contribution in [3.63, 3.8) is 0 Å². The Labute approximate surface area is 151 Å². The topological polar surface area (TPSA) is 69.7 Å². The van der Waals surface area contributed by atoms with Gasteiger partial charge in [-0.25, -0.2) is 13.1 Å². The molecule has 1 aromatic carbocycles. The van der Waals surface area contributed by atoms with Gasteiger partial charge in [0.15, 0.2) is 0 Å². The predicted octanol–water partition coefficient (Wildman–Crippen LogP) is 1.79. The van der Waals surface area contributed by atoms with Crippen LogP contribution in [-0.4, -0.2) is 64.4 Å². The molecule has 0 spiro atoms. The lowest BCUT2D eigenvalue weighted by molar-refractivity contribution is 0.0683. The molecule has 0 aromatic heterocycles. The van der Waals surface area contributed by atoms with E-state index in [2.05, 4.69) is 11.6 Å². The molecular formula is C18H29N3O3S. The van der Waals surface area contributed by atoms with E-state index in [0.717, 1.165) is 38.9 Å². The quantitative estimate of drug-likeness (QED) is 0.746. The Morgan fingerprint density at radius 3 is 2.80 bits per heavy atom. The number of sulfonamides is 1. The maximum Gasteiger partial charge on any atom is 0.253 e. The summed E-state index contributed by atoms with van der Waals surface area (Å²) in [5.74, 6) is 0.402. The first kappa shape index (κ1) is 19.9. The molecule has 1 N–H and O–H groups in total. The van der Waals surface area contributed by atoms with Crippen LogP contribution in [0.2, 0.25) is 0 Å². The number of carbonyl (C=O) groups is 1. The number of piperidine rings is 1. The summed E-state index contributed by atoms with van der Waals surface area (Å²) in [6.07, 6.45) is 2.86. The number of rotatable bonds is 7. The van der Waals surface area contributed by atoms with Gasteiger partial charge in [-0.3, -0.25) is 4.79 Å². The van der Waals surface area contributed by atoms with E-state index >= 15 is 0 Å². The SMILES string of the molecule is CC1CCCN(C(=O)c2cccc(S(=O)(=O)NCCCN(C)C)c2)C1. The van der Waals surface area contributed by atoms with Crippen molar-refractivity contribution < 1.29 is 13.2 Å². The molecular weight excluding hydrogens is 338 g/mol. The molecule has 1 unspecified atom stereocenters. The van der Waals surface area contributed by atoms with Crippen LogP contribution < -0.4 is 4.72 Å². The van der Waals surface area contributed by atoms with E-state index in [-0.39, 0.29) is 10.8 Å². The number of hydrogen-bond acceptors (Lipinski definition) is 4. The van der Waals surface area contributed by atoms with Crippen LogP contribution >= 0.6 is 0 Å². The third-order valence-electron chi connectivity index (χ3n) is 4.41. The second-order valence-corrected chi connectivity index (χ2v) is 8.85. The lowest BCUT2D eigenvalue weighted by atomic mass is 9.99. The minimum atomic E-state index is -3.59. The zero-order valence-electron chi connectivity index (χ0n) is 15.4. The van der Waals surface area contributed by atoms with E-state index in [0.29, 0.717) is 18.0 Å². The van der Waals surface area contributed by atoms with Crippen LogP contribution in [-0.2, 0) is 10.0 Å². The number of amides is 1. The summed E-state index contributed by atoms with van der Waals surface area (Å²) in [5, 5.41) is 0. The van der Waals surface area contributed by atoms with Crippen molar-refractivity contribution in [3.8, 4) is 0 Å². The maximum absolute atomic E-state index is 12.7. The number of carbonyl (C=O) groups excluding carboxylic acids is 1. The Bertz CT molecular complexity index is 689. The van der Waals surface area contributed by atoms with Gasteiger partial charge in [0, 0.05) is 25.2 Å². The molecule has 1 atom stereocenters. The highest BCUT2D eigenvalue weighted by Gasteiger charge is 2.23. The Morgan fingerprint density at radius 1 is 1.36 bits per heavy atom. The molecule has 1 amide bonds. The van der Waals surface area contributed by atoms with Crippen LogP contribution in [0.3, 0.4) is 0 Å². The average Bonchev–Trinajstić information content (AvgIpc) is 2.58. The number of nitrogens with one attached hydrogen (secondary N) is 1. The molecule has 1 aromatic rings. The number of likely N-dealkylation sites (tertiary alicyclic amines) is 1. The van der Waals surface area contributed by atoms with Crippen molar-refractivity contribution in [1.82, 2.24) is 14.5 Å². The van der Waals surface area contributed by atoms with Gasteiger partial charge in [-0.15, -0.1) is 0 Å². The van der Waals surface area contributed by atoms with E-state index in [1.165, 1.54) is 12.1 Å². The summed E-state index contributed by atoms with van der Waals surface area (Å²) in [4.78, 5) is 16.6.